The van der Waals surface area contributed by atoms with Gasteiger partial charge in [-0.25, -0.2) is 0 Å². The largest absolute Gasteiger partial charge is 0.508 e. The van der Waals surface area contributed by atoms with E-state index in [9.17, 15) is 15.0 Å². The number of aliphatic carboxylic acids is 1. The van der Waals surface area contributed by atoms with Gasteiger partial charge in [0, 0.05) is 6.42 Å². The molecule has 0 spiro atoms. The van der Waals surface area contributed by atoms with Crippen LogP contribution in [0.15, 0.2) is 18.2 Å². The lowest BCUT2D eigenvalue weighted by Crippen LogP contribution is -2.44. The molecule has 2 saturated carbocycles. The van der Waals surface area contributed by atoms with E-state index >= 15 is 0 Å². The Morgan fingerprint density at radius 3 is 2.88 bits per heavy atom. The fraction of sp³-hybridized carbons (Fsp3) is 0.667. The van der Waals surface area contributed by atoms with Crippen molar-refractivity contribution < 1.29 is 20.1 Å². The highest BCUT2D eigenvalue weighted by Gasteiger charge is 2.57. The molecule has 0 radical (unpaired) electrons. The molecule has 0 amide bonds. The van der Waals surface area contributed by atoms with Crippen LogP contribution in [0.1, 0.15) is 62.5 Å². The van der Waals surface area contributed by atoms with Crippen molar-refractivity contribution in [2.24, 2.45) is 23.2 Å². The van der Waals surface area contributed by atoms with Crippen LogP contribution in [0, 0.1) is 23.2 Å². The molecule has 2 fully saturated rings. The Kier molecular flexibility index (Phi) is 4.06. The maximum Gasteiger partial charge on any atom is 0.303 e. The first kappa shape index (κ1) is 16.9. The zero-order chi connectivity index (χ0) is 17.8. The van der Waals surface area contributed by atoms with Gasteiger partial charge in [0.25, 0.3) is 0 Å². The van der Waals surface area contributed by atoms with Crippen molar-refractivity contribution in [1.29, 1.82) is 0 Å². The smallest absolute Gasteiger partial charge is 0.303 e. The summed E-state index contributed by atoms with van der Waals surface area (Å²) in [6, 6.07) is 5.81. The molecule has 0 aromatic heterocycles. The number of phenols is 1. The summed E-state index contributed by atoms with van der Waals surface area (Å²) in [6.07, 6.45) is 5.51. The summed E-state index contributed by atoms with van der Waals surface area (Å²) >= 11 is 0. The summed E-state index contributed by atoms with van der Waals surface area (Å²) in [4.78, 5) is 10.9. The number of carboxylic acids is 1. The lowest BCUT2D eigenvalue weighted by Gasteiger charge is -2.50. The van der Waals surface area contributed by atoms with Crippen LogP contribution in [-0.4, -0.2) is 27.4 Å². The van der Waals surface area contributed by atoms with Crippen molar-refractivity contribution in [2.45, 2.75) is 63.9 Å². The fourth-order valence-corrected chi connectivity index (χ4v) is 6.31. The van der Waals surface area contributed by atoms with E-state index in [1.165, 1.54) is 11.1 Å². The van der Waals surface area contributed by atoms with E-state index in [0.29, 0.717) is 29.9 Å². The molecule has 0 aliphatic heterocycles. The zero-order valence-corrected chi connectivity index (χ0v) is 14.8. The Labute approximate surface area is 148 Å². The number of phenolic OH excluding ortho intramolecular Hbond substituents is 1. The SMILES string of the molecule is C[C@]12CC[C@@H]3c4ccc(O)cc4CC[C@H]3[C@@H]1C[C@@H](CCC(=O)O)[C@@H]2O. The third-order valence-electron chi connectivity index (χ3n) is 7.56. The van der Waals surface area contributed by atoms with E-state index in [4.69, 9.17) is 5.11 Å². The van der Waals surface area contributed by atoms with E-state index in [-0.39, 0.29) is 23.9 Å². The van der Waals surface area contributed by atoms with Crippen molar-refractivity contribution >= 4 is 5.97 Å². The summed E-state index contributed by atoms with van der Waals surface area (Å²) in [6.45, 7) is 2.23. The molecule has 1 aromatic carbocycles. The molecule has 0 unspecified atom stereocenters. The summed E-state index contributed by atoms with van der Waals surface area (Å²) in [5.41, 5.74) is 2.60. The van der Waals surface area contributed by atoms with Crippen molar-refractivity contribution in [3.05, 3.63) is 29.3 Å². The average molecular weight is 344 g/mol. The van der Waals surface area contributed by atoms with Crippen molar-refractivity contribution in [2.75, 3.05) is 0 Å². The summed E-state index contributed by atoms with van der Waals surface area (Å²) in [5.74, 6) is 1.26. The number of aliphatic hydroxyl groups is 1. The Hall–Kier alpha value is -1.55. The van der Waals surface area contributed by atoms with Gasteiger partial charge in [0.05, 0.1) is 6.10 Å². The van der Waals surface area contributed by atoms with Crippen LogP contribution in [-0.2, 0) is 11.2 Å². The summed E-state index contributed by atoms with van der Waals surface area (Å²) < 4.78 is 0. The first-order chi connectivity index (χ1) is 11.9. The van der Waals surface area contributed by atoms with E-state index in [1.807, 2.05) is 6.07 Å². The topological polar surface area (TPSA) is 77.8 Å². The third-order valence-corrected chi connectivity index (χ3v) is 7.56. The molecule has 0 bridgehead atoms. The molecule has 25 heavy (non-hydrogen) atoms. The van der Waals surface area contributed by atoms with Gasteiger partial charge in [-0.2, -0.15) is 0 Å². The van der Waals surface area contributed by atoms with E-state index in [0.717, 1.165) is 32.1 Å². The van der Waals surface area contributed by atoms with E-state index in [1.54, 1.807) is 6.07 Å². The molecule has 4 rings (SSSR count). The number of rotatable bonds is 3. The maximum atomic E-state index is 11.0. The van der Waals surface area contributed by atoms with Crippen LogP contribution in [0.3, 0.4) is 0 Å². The third kappa shape index (κ3) is 2.66. The molecule has 3 aliphatic carbocycles. The zero-order valence-electron chi connectivity index (χ0n) is 14.8. The number of hydrogen-bond donors (Lipinski definition) is 3. The van der Waals surface area contributed by atoms with Crippen LogP contribution in [0.25, 0.3) is 0 Å². The summed E-state index contributed by atoms with van der Waals surface area (Å²) in [5, 5.41) is 29.7. The van der Waals surface area contributed by atoms with Gasteiger partial charge in [0.15, 0.2) is 0 Å². The normalized spacial score (nSPS) is 39.4. The summed E-state index contributed by atoms with van der Waals surface area (Å²) in [7, 11) is 0. The maximum absolute atomic E-state index is 11.0. The highest BCUT2D eigenvalue weighted by molar-refractivity contribution is 5.66. The predicted molar refractivity (Wildman–Crippen MR) is 94.5 cm³/mol. The minimum Gasteiger partial charge on any atom is -0.508 e. The second kappa shape index (κ2) is 6.01. The van der Waals surface area contributed by atoms with Crippen LogP contribution in [0.5, 0.6) is 5.75 Å². The van der Waals surface area contributed by atoms with Crippen molar-refractivity contribution in [3.63, 3.8) is 0 Å². The van der Waals surface area contributed by atoms with Crippen molar-refractivity contribution in [3.8, 4) is 5.75 Å². The fourth-order valence-electron chi connectivity index (χ4n) is 6.31. The van der Waals surface area contributed by atoms with Gasteiger partial charge < -0.3 is 15.3 Å². The number of aromatic hydroxyl groups is 1. The van der Waals surface area contributed by atoms with Gasteiger partial charge in [-0.15, -0.1) is 0 Å². The van der Waals surface area contributed by atoms with Crippen LogP contribution in [0.2, 0.25) is 0 Å². The molecule has 6 atom stereocenters. The first-order valence-electron chi connectivity index (χ1n) is 9.62. The molecule has 136 valence electrons. The minimum atomic E-state index is -0.767. The van der Waals surface area contributed by atoms with Gasteiger partial charge in [0.2, 0.25) is 0 Å². The highest BCUT2D eigenvalue weighted by atomic mass is 16.4. The molecular weight excluding hydrogens is 316 g/mol. The second-order valence-corrected chi connectivity index (χ2v) is 8.72. The number of benzene rings is 1. The second-order valence-electron chi connectivity index (χ2n) is 8.72. The number of carbonyl (C=O) groups is 1. The Balaban J connectivity index is 1.59. The van der Waals surface area contributed by atoms with Crippen molar-refractivity contribution in [1.82, 2.24) is 0 Å². The predicted octanol–water partition coefficient (Wildman–Crippen LogP) is 3.70. The molecular formula is C21H28O4. The van der Waals surface area contributed by atoms with Gasteiger partial charge >= 0.3 is 5.97 Å². The molecule has 4 nitrogen and oxygen atoms in total. The number of fused-ring (bicyclic) bond motifs is 5. The quantitative estimate of drug-likeness (QED) is 0.781. The van der Waals surface area contributed by atoms with Gasteiger partial charge in [0.1, 0.15) is 5.75 Å². The Morgan fingerprint density at radius 2 is 2.12 bits per heavy atom. The molecule has 1 aromatic rings. The molecule has 4 heteroatoms. The number of carboxylic acid groups (broad SMARTS) is 1. The average Bonchev–Trinajstić information content (AvgIpc) is 2.84. The minimum absolute atomic E-state index is 0.0707. The van der Waals surface area contributed by atoms with E-state index in [2.05, 4.69) is 13.0 Å². The highest BCUT2D eigenvalue weighted by Crippen LogP contribution is 2.62. The lowest BCUT2D eigenvalue weighted by molar-refractivity contribution is -0.137. The lowest BCUT2D eigenvalue weighted by atomic mass is 9.55. The van der Waals surface area contributed by atoms with Gasteiger partial charge in [-0.3, -0.25) is 4.79 Å². The molecule has 0 saturated heterocycles. The standard InChI is InChI=1S/C21H28O4/c1-21-9-8-16-15-6-4-14(22)10-12(15)2-5-17(16)18(21)11-13(20(21)25)3-7-19(23)24/h4,6,10,13,16-18,20,22,25H,2-3,5,7-9,11H2,1H3,(H,23,24)/t13-,16-,17-,18+,20+,21+/m1/s1. The van der Waals surface area contributed by atoms with Crippen LogP contribution in [0.4, 0.5) is 0 Å². The first-order valence-corrected chi connectivity index (χ1v) is 9.62. The monoisotopic (exact) mass is 344 g/mol. The number of hydrogen-bond acceptors (Lipinski definition) is 3. The molecule has 3 N–H and O–H groups in total. The molecule has 0 heterocycles. The molecule has 3 aliphatic rings. The van der Waals surface area contributed by atoms with Crippen LogP contribution >= 0.6 is 0 Å². The van der Waals surface area contributed by atoms with Gasteiger partial charge in [-0.1, -0.05) is 13.0 Å². The van der Waals surface area contributed by atoms with E-state index < -0.39 is 5.97 Å². The van der Waals surface area contributed by atoms with Crippen LogP contribution < -0.4 is 0 Å². The number of aliphatic hydroxyl groups excluding tert-OH is 1. The Morgan fingerprint density at radius 1 is 1.32 bits per heavy atom. The van der Waals surface area contributed by atoms with Gasteiger partial charge in [-0.05, 0) is 90.9 Å². The Bertz CT molecular complexity index is 684. The number of aryl methyl sites for hydroxylation is 1.